The van der Waals surface area contributed by atoms with Gasteiger partial charge in [-0.05, 0) is 19.3 Å². The van der Waals surface area contributed by atoms with Crippen LogP contribution in [0.3, 0.4) is 0 Å². The molecule has 0 unspecified atom stereocenters. The van der Waals surface area contributed by atoms with Gasteiger partial charge in [0.2, 0.25) is 11.8 Å². The van der Waals surface area contributed by atoms with Gasteiger partial charge >= 0.3 is 0 Å². The molecule has 1 rings (SSSR count). The van der Waals surface area contributed by atoms with Crippen molar-refractivity contribution >= 4 is 11.8 Å². The molecule has 17 heavy (non-hydrogen) atoms. The molecular weight excluding hydrogens is 216 g/mol. The van der Waals surface area contributed by atoms with Gasteiger partial charge in [-0.25, -0.2) is 0 Å². The van der Waals surface area contributed by atoms with E-state index in [1.807, 2.05) is 6.08 Å². The number of nitrogens with zero attached hydrogens (tertiary/aromatic N) is 2. The zero-order chi connectivity index (χ0) is 12.5. The standard InChI is InChI=1S/C12H20N4O/c1-3-5-6-8-17-11-9-10(14-7-4-2)15-12(13)16-11/h3,9H,1,4-8H2,2H3,(H3,13,14,15,16). The third kappa shape index (κ3) is 5.19. The van der Waals surface area contributed by atoms with E-state index in [0.717, 1.165) is 25.8 Å². The van der Waals surface area contributed by atoms with Crippen LogP contribution < -0.4 is 15.8 Å². The number of aromatic nitrogens is 2. The van der Waals surface area contributed by atoms with Crippen LogP contribution in [-0.4, -0.2) is 23.1 Å². The second-order valence-electron chi connectivity index (χ2n) is 3.66. The summed E-state index contributed by atoms with van der Waals surface area (Å²) in [5.41, 5.74) is 5.60. The molecule has 0 radical (unpaired) electrons. The van der Waals surface area contributed by atoms with Gasteiger partial charge in [0.1, 0.15) is 5.82 Å². The first kappa shape index (κ1) is 13.3. The van der Waals surface area contributed by atoms with Crippen LogP contribution in [0.2, 0.25) is 0 Å². The number of allylic oxidation sites excluding steroid dienone is 1. The number of hydrogen-bond acceptors (Lipinski definition) is 5. The maximum absolute atomic E-state index is 5.60. The smallest absolute Gasteiger partial charge is 0.225 e. The lowest BCUT2D eigenvalue weighted by Crippen LogP contribution is -2.07. The third-order valence-corrected chi connectivity index (χ3v) is 2.08. The Morgan fingerprint density at radius 1 is 1.53 bits per heavy atom. The molecular formula is C12H20N4O. The number of unbranched alkanes of at least 4 members (excludes halogenated alkanes) is 1. The molecule has 0 aromatic carbocycles. The molecule has 0 atom stereocenters. The first-order valence-electron chi connectivity index (χ1n) is 5.88. The summed E-state index contributed by atoms with van der Waals surface area (Å²) in [7, 11) is 0. The molecule has 5 nitrogen and oxygen atoms in total. The Morgan fingerprint density at radius 2 is 2.35 bits per heavy atom. The summed E-state index contributed by atoms with van der Waals surface area (Å²) in [5.74, 6) is 1.45. The SMILES string of the molecule is C=CCCCOc1cc(NCCC)nc(N)n1. The van der Waals surface area contributed by atoms with Crippen molar-refractivity contribution in [1.82, 2.24) is 9.97 Å². The molecule has 0 bridgehead atoms. The van der Waals surface area contributed by atoms with Gasteiger partial charge in [0.05, 0.1) is 6.61 Å². The first-order chi connectivity index (χ1) is 8.26. The van der Waals surface area contributed by atoms with Crippen LogP contribution in [0.15, 0.2) is 18.7 Å². The van der Waals surface area contributed by atoms with Crippen LogP contribution in [0, 0.1) is 0 Å². The molecule has 94 valence electrons. The van der Waals surface area contributed by atoms with Crippen molar-refractivity contribution in [3.05, 3.63) is 18.7 Å². The fourth-order valence-corrected chi connectivity index (χ4v) is 1.26. The van der Waals surface area contributed by atoms with E-state index in [9.17, 15) is 0 Å². The van der Waals surface area contributed by atoms with E-state index in [-0.39, 0.29) is 5.95 Å². The average molecular weight is 236 g/mol. The predicted octanol–water partition coefficient (Wildman–Crippen LogP) is 2.23. The molecule has 0 saturated heterocycles. The van der Waals surface area contributed by atoms with Gasteiger partial charge in [-0.15, -0.1) is 6.58 Å². The predicted molar refractivity (Wildman–Crippen MR) is 70.2 cm³/mol. The summed E-state index contributed by atoms with van der Waals surface area (Å²) in [5, 5.41) is 3.15. The van der Waals surface area contributed by atoms with Crippen LogP contribution >= 0.6 is 0 Å². The van der Waals surface area contributed by atoms with E-state index in [4.69, 9.17) is 10.5 Å². The highest BCUT2D eigenvalue weighted by molar-refractivity contribution is 5.42. The lowest BCUT2D eigenvalue weighted by Gasteiger charge is -2.08. The van der Waals surface area contributed by atoms with Gasteiger partial charge in [0.25, 0.3) is 0 Å². The van der Waals surface area contributed by atoms with Crippen LogP contribution in [0.25, 0.3) is 0 Å². The number of nitrogens with two attached hydrogens (primary N) is 1. The maximum atomic E-state index is 5.60. The number of hydrogen-bond donors (Lipinski definition) is 2. The van der Waals surface area contributed by atoms with E-state index in [1.54, 1.807) is 6.07 Å². The molecule has 1 aromatic heterocycles. The molecule has 3 N–H and O–H groups in total. The number of nitrogens with one attached hydrogen (secondary N) is 1. The Kier molecular flexibility index (Phi) is 5.85. The van der Waals surface area contributed by atoms with Crippen molar-refractivity contribution in [2.75, 3.05) is 24.2 Å². The summed E-state index contributed by atoms with van der Waals surface area (Å²) in [6.07, 6.45) is 4.75. The molecule has 0 spiro atoms. The Hall–Kier alpha value is -1.78. The number of rotatable bonds is 8. The van der Waals surface area contributed by atoms with Gasteiger partial charge < -0.3 is 15.8 Å². The second-order valence-corrected chi connectivity index (χ2v) is 3.66. The zero-order valence-electron chi connectivity index (χ0n) is 10.3. The fraction of sp³-hybridized carbons (Fsp3) is 0.500. The summed E-state index contributed by atoms with van der Waals surface area (Å²) in [6.45, 7) is 7.20. The van der Waals surface area contributed by atoms with Crippen LogP contribution in [0.4, 0.5) is 11.8 Å². The van der Waals surface area contributed by atoms with Crippen LogP contribution in [0.5, 0.6) is 5.88 Å². The lowest BCUT2D eigenvalue weighted by molar-refractivity contribution is 0.300. The quantitative estimate of drug-likeness (QED) is 0.535. The van der Waals surface area contributed by atoms with Crippen molar-refractivity contribution in [2.24, 2.45) is 0 Å². The van der Waals surface area contributed by atoms with Crippen LogP contribution in [0.1, 0.15) is 26.2 Å². The molecule has 0 fully saturated rings. The van der Waals surface area contributed by atoms with Crippen LogP contribution in [-0.2, 0) is 0 Å². The largest absolute Gasteiger partial charge is 0.477 e. The Morgan fingerprint density at radius 3 is 3.06 bits per heavy atom. The molecule has 5 heteroatoms. The van der Waals surface area contributed by atoms with E-state index in [2.05, 4.69) is 28.8 Å². The Balaban J connectivity index is 2.52. The van der Waals surface area contributed by atoms with Gasteiger partial charge in [0.15, 0.2) is 0 Å². The lowest BCUT2D eigenvalue weighted by atomic mass is 10.3. The minimum Gasteiger partial charge on any atom is -0.477 e. The van der Waals surface area contributed by atoms with Gasteiger partial charge in [-0.1, -0.05) is 13.0 Å². The Labute approximate surface area is 102 Å². The molecule has 1 aromatic rings. The van der Waals surface area contributed by atoms with E-state index >= 15 is 0 Å². The number of nitrogen functional groups attached to an aromatic ring is 1. The molecule has 0 aliphatic rings. The van der Waals surface area contributed by atoms with E-state index in [0.29, 0.717) is 18.3 Å². The normalized spacial score (nSPS) is 9.94. The first-order valence-corrected chi connectivity index (χ1v) is 5.88. The minimum atomic E-state index is 0.227. The minimum absolute atomic E-state index is 0.227. The van der Waals surface area contributed by atoms with Crippen molar-refractivity contribution in [3.63, 3.8) is 0 Å². The molecule has 1 heterocycles. The highest BCUT2D eigenvalue weighted by Gasteiger charge is 2.02. The van der Waals surface area contributed by atoms with Crippen molar-refractivity contribution in [2.45, 2.75) is 26.2 Å². The molecule has 0 saturated carbocycles. The van der Waals surface area contributed by atoms with Gasteiger partial charge in [-0.3, -0.25) is 0 Å². The Bertz CT molecular complexity index is 354. The molecule has 0 aliphatic carbocycles. The van der Waals surface area contributed by atoms with E-state index < -0.39 is 0 Å². The average Bonchev–Trinajstić information content (AvgIpc) is 2.31. The highest BCUT2D eigenvalue weighted by atomic mass is 16.5. The second kappa shape index (κ2) is 7.49. The zero-order valence-corrected chi connectivity index (χ0v) is 10.3. The molecule has 0 amide bonds. The topological polar surface area (TPSA) is 73.1 Å². The van der Waals surface area contributed by atoms with Crippen molar-refractivity contribution in [1.29, 1.82) is 0 Å². The summed E-state index contributed by atoms with van der Waals surface area (Å²) >= 11 is 0. The highest BCUT2D eigenvalue weighted by Crippen LogP contribution is 2.14. The maximum Gasteiger partial charge on any atom is 0.225 e. The van der Waals surface area contributed by atoms with E-state index in [1.165, 1.54) is 0 Å². The fourth-order valence-electron chi connectivity index (χ4n) is 1.26. The monoisotopic (exact) mass is 236 g/mol. The van der Waals surface area contributed by atoms with Crippen molar-refractivity contribution < 1.29 is 4.74 Å². The summed E-state index contributed by atoms with van der Waals surface area (Å²) in [4.78, 5) is 8.09. The number of anilines is 2. The van der Waals surface area contributed by atoms with Gasteiger partial charge in [0, 0.05) is 12.6 Å². The molecule has 0 aliphatic heterocycles. The summed E-state index contributed by atoms with van der Waals surface area (Å²) in [6, 6.07) is 1.76. The van der Waals surface area contributed by atoms with Gasteiger partial charge in [-0.2, -0.15) is 9.97 Å². The number of ether oxygens (including phenoxy) is 1. The summed E-state index contributed by atoms with van der Waals surface area (Å²) < 4.78 is 5.49. The third-order valence-electron chi connectivity index (χ3n) is 2.08. The van der Waals surface area contributed by atoms with Crippen molar-refractivity contribution in [3.8, 4) is 5.88 Å².